The Bertz CT molecular complexity index is 862. The number of nitrogens with one attached hydrogen (secondary N) is 1. The summed E-state index contributed by atoms with van der Waals surface area (Å²) in [5, 5.41) is 2.83. The Labute approximate surface area is 177 Å². The Morgan fingerprint density at radius 3 is 2.52 bits per heavy atom. The summed E-state index contributed by atoms with van der Waals surface area (Å²) in [5.41, 5.74) is 2.96. The predicted molar refractivity (Wildman–Crippen MR) is 112 cm³/mol. The molecule has 0 fully saturated rings. The lowest BCUT2D eigenvalue weighted by molar-refractivity contribution is -0.115. The van der Waals surface area contributed by atoms with Crippen LogP contribution in [0.5, 0.6) is 5.75 Å². The van der Waals surface area contributed by atoms with Crippen LogP contribution in [0.25, 0.3) is 0 Å². The summed E-state index contributed by atoms with van der Waals surface area (Å²) in [7, 11) is 0. The van der Waals surface area contributed by atoms with Gasteiger partial charge in [0.15, 0.2) is 0 Å². The number of hydrogen-bond acceptors (Lipinski definition) is 2. The van der Waals surface area contributed by atoms with Gasteiger partial charge < -0.3 is 10.1 Å². The van der Waals surface area contributed by atoms with Crippen LogP contribution >= 0.6 is 15.9 Å². The van der Waals surface area contributed by atoms with Crippen molar-refractivity contribution in [2.75, 3.05) is 11.9 Å². The molecule has 2 aromatic rings. The summed E-state index contributed by atoms with van der Waals surface area (Å²) in [6.45, 7) is 4.29. The van der Waals surface area contributed by atoms with Crippen molar-refractivity contribution in [3.63, 3.8) is 0 Å². The number of anilines is 1. The van der Waals surface area contributed by atoms with E-state index < -0.39 is 6.18 Å². The highest BCUT2D eigenvalue weighted by atomic mass is 79.9. The zero-order valence-corrected chi connectivity index (χ0v) is 17.9. The number of aryl methyl sites for hydroxylation is 1. The molecule has 156 valence electrons. The molecule has 1 N–H and O–H groups in total. The largest absolute Gasteiger partial charge is 0.491 e. The first-order valence-corrected chi connectivity index (χ1v) is 10.0. The molecule has 0 saturated heterocycles. The molecule has 0 radical (unpaired) electrons. The number of amides is 1. The standard InChI is InChI=1S/C22H23BrF3NO2/c1-3-11-29-21-17(5-4-10-22(24,25)26)13-18(23)14-19(21)27-20(28)12-16-8-6-15(2)7-9-16/h4,6-10,13-14H,3,5,11-12H2,1-2H3,(H,27,28)/b10-4+. The second-order valence-corrected chi connectivity index (χ2v) is 7.56. The van der Waals surface area contributed by atoms with Crippen LogP contribution in [-0.2, 0) is 17.6 Å². The molecule has 0 atom stereocenters. The molecule has 2 rings (SSSR count). The minimum atomic E-state index is -4.37. The van der Waals surface area contributed by atoms with Gasteiger partial charge in [0, 0.05) is 16.1 Å². The Morgan fingerprint density at radius 1 is 1.21 bits per heavy atom. The van der Waals surface area contributed by atoms with Crippen molar-refractivity contribution in [1.82, 2.24) is 0 Å². The van der Waals surface area contributed by atoms with Crippen molar-refractivity contribution in [1.29, 1.82) is 0 Å². The molecule has 0 unspecified atom stereocenters. The summed E-state index contributed by atoms with van der Waals surface area (Å²) in [6, 6.07) is 11.0. The van der Waals surface area contributed by atoms with Crippen LogP contribution in [0.15, 0.2) is 53.0 Å². The van der Waals surface area contributed by atoms with Crippen LogP contribution in [0.1, 0.15) is 30.0 Å². The zero-order valence-electron chi connectivity index (χ0n) is 16.3. The van der Waals surface area contributed by atoms with Crippen molar-refractivity contribution in [3.8, 4) is 5.75 Å². The Kier molecular flexibility index (Phi) is 8.32. The average molecular weight is 470 g/mol. The monoisotopic (exact) mass is 469 g/mol. The maximum absolute atomic E-state index is 12.5. The quantitative estimate of drug-likeness (QED) is 0.454. The number of ether oxygens (including phenoxy) is 1. The van der Waals surface area contributed by atoms with Gasteiger partial charge in [-0.15, -0.1) is 0 Å². The van der Waals surface area contributed by atoms with E-state index in [1.807, 2.05) is 38.1 Å². The third-order valence-corrected chi connectivity index (χ3v) is 4.44. The second kappa shape index (κ2) is 10.5. The fraction of sp³-hybridized carbons (Fsp3) is 0.318. The van der Waals surface area contributed by atoms with Gasteiger partial charge >= 0.3 is 6.18 Å². The molecular weight excluding hydrogens is 447 g/mol. The first-order chi connectivity index (χ1) is 13.7. The van der Waals surface area contributed by atoms with Crippen LogP contribution in [-0.4, -0.2) is 18.7 Å². The van der Waals surface area contributed by atoms with Crippen molar-refractivity contribution < 1.29 is 22.7 Å². The zero-order chi connectivity index (χ0) is 21.4. The van der Waals surface area contributed by atoms with Crippen LogP contribution in [0.3, 0.4) is 0 Å². The van der Waals surface area contributed by atoms with E-state index in [1.165, 1.54) is 0 Å². The second-order valence-electron chi connectivity index (χ2n) is 6.65. The average Bonchev–Trinajstić information content (AvgIpc) is 2.62. The molecule has 1 amide bonds. The Balaban J connectivity index is 2.24. The molecule has 0 aliphatic carbocycles. The first kappa shape index (κ1) is 23.0. The SMILES string of the molecule is CCCOc1c(C/C=C/C(F)(F)F)cc(Br)cc1NC(=O)Cc1ccc(C)cc1. The summed E-state index contributed by atoms with van der Waals surface area (Å²) >= 11 is 3.36. The van der Waals surface area contributed by atoms with Gasteiger partial charge in [0.05, 0.1) is 18.7 Å². The van der Waals surface area contributed by atoms with Crippen molar-refractivity contribution in [2.45, 2.75) is 39.3 Å². The van der Waals surface area contributed by atoms with Gasteiger partial charge in [0.2, 0.25) is 5.91 Å². The topological polar surface area (TPSA) is 38.3 Å². The number of hydrogen-bond donors (Lipinski definition) is 1. The fourth-order valence-corrected chi connectivity index (χ4v) is 3.18. The van der Waals surface area contributed by atoms with E-state index in [4.69, 9.17) is 4.74 Å². The molecular formula is C22H23BrF3NO2. The van der Waals surface area contributed by atoms with E-state index in [0.29, 0.717) is 28.1 Å². The van der Waals surface area contributed by atoms with E-state index in [-0.39, 0.29) is 24.8 Å². The minimum absolute atomic E-state index is 0.0266. The number of benzene rings is 2. The third kappa shape index (κ3) is 7.93. The number of halogens is 4. The van der Waals surface area contributed by atoms with Crippen LogP contribution in [0.2, 0.25) is 0 Å². The summed E-state index contributed by atoms with van der Waals surface area (Å²) < 4.78 is 43.7. The van der Waals surface area contributed by atoms with Gasteiger partial charge in [-0.1, -0.05) is 58.8 Å². The molecule has 0 saturated carbocycles. The number of allylic oxidation sites excluding steroid dienone is 2. The number of alkyl halides is 3. The molecule has 0 aliphatic rings. The molecule has 0 heterocycles. The normalized spacial score (nSPS) is 11.7. The molecule has 0 aromatic heterocycles. The third-order valence-electron chi connectivity index (χ3n) is 3.99. The van der Waals surface area contributed by atoms with Gasteiger partial charge in [-0.25, -0.2) is 0 Å². The Morgan fingerprint density at radius 2 is 1.90 bits per heavy atom. The smallest absolute Gasteiger partial charge is 0.409 e. The highest BCUT2D eigenvalue weighted by molar-refractivity contribution is 9.10. The molecule has 3 nitrogen and oxygen atoms in total. The van der Waals surface area contributed by atoms with Gasteiger partial charge in [0.25, 0.3) is 0 Å². The summed E-state index contributed by atoms with van der Waals surface area (Å²) in [4.78, 5) is 12.5. The van der Waals surface area contributed by atoms with E-state index in [9.17, 15) is 18.0 Å². The van der Waals surface area contributed by atoms with E-state index in [1.54, 1.807) is 12.1 Å². The molecule has 7 heteroatoms. The number of carbonyl (C=O) groups excluding carboxylic acids is 1. The maximum atomic E-state index is 12.5. The van der Waals surface area contributed by atoms with Gasteiger partial charge in [-0.05, 0) is 37.5 Å². The van der Waals surface area contributed by atoms with Crippen molar-refractivity contribution >= 4 is 27.5 Å². The van der Waals surface area contributed by atoms with Gasteiger partial charge in [-0.3, -0.25) is 4.79 Å². The fourth-order valence-electron chi connectivity index (χ4n) is 2.67. The van der Waals surface area contributed by atoms with Crippen LogP contribution in [0.4, 0.5) is 18.9 Å². The van der Waals surface area contributed by atoms with E-state index >= 15 is 0 Å². The Hall–Kier alpha value is -2.28. The molecule has 0 aliphatic heterocycles. The number of rotatable bonds is 8. The summed E-state index contributed by atoms with van der Waals surface area (Å²) in [5.74, 6) is 0.157. The van der Waals surface area contributed by atoms with E-state index in [2.05, 4.69) is 21.2 Å². The molecule has 2 aromatic carbocycles. The number of carbonyl (C=O) groups is 1. The van der Waals surface area contributed by atoms with E-state index in [0.717, 1.165) is 23.6 Å². The van der Waals surface area contributed by atoms with Gasteiger partial charge in [-0.2, -0.15) is 13.2 Å². The predicted octanol–water partition coefficient (Wildman–Crippen LogP) is 6.39. The first-order valence-electron chi connectivity index (χ1n) is 9.23. The molecule has 29 heavy (non-hydrogen) atoms. The molecule has 0 bridgehead atoms. The van der Waals surface area contributed by atoms with Gasteiger partial charge in [0.1, 0.15) is 5.75 Å². The lowest BCUT2D eigenvalue weighted by Crippen LogP contribution is -2.16. The lowest BCUT2D eigenvalue weighted by Gasteiger charge is -2.17. The van der Waals surface area contributed by atoms with Crippen molar-refractivity contribution in [2.24, 2.45) is 0 Å². The van der Waals surface area contributed by atoms with Crippen LogP contribution in [0, 0.1) is 6.92 Å². The lowest BCUT2D eigenvalue weighted by atomic mass is 10.1. The highest BCUT2D eigenvalue weighted by Gasteiger charge is 2.22. The van der Waals surface area contributed by atoms with Crippen LogP contribution < -0.4 is 10.1 Å². The highest BCUT2D eigenvalue weighted by Crippen LogP contribution is 2.34. The van der Waals surface area contributed by atoms with Crippen molar-refractivity contribution in [3.05, 3.63) is 69.7 Å². The molecule has 0 spiro atoms. The maximum Gasteiger partial charge on any atom is 0.409 e. The minimum Gasteiger partial charge on any atom is -0.491 e. The summed E-state index contributed by atoms with van der Waals surface area (Å²) in [6.07, 6.45) is -2.19.